The van der Waals surface area contributed by atoms with Crippen molar-refractivity contribution in [2.45, 2.75) is 47.6 Å². The lowest BCUT2D eigenvalue weighted by atomic mass is 10.1. The van der Waals surface area contributed by atoms with Crippen LogP contribution in [-0.4, -0.2) is 22.0 Å². The van der Waals surface area contributed by atoms with E-state index in [1.54, 1.807) is 0 Å². The van der Waals surface area contributed by atoms with Crippen molar-refractivity contribution in [1.82, 2.24) is 9.97 Å². The minimum Gasteiger partial charge on any atom is -0.473 e. The predicted octanol–water partition coefficient (Wildman–Crippen LogP) is 4.90. The number of carbonyl (C=O) groups is 1. The highest BCUT2D eigenvalue weighted by molar-refractivity contribution is 6.05. The van der Waals surface area contributed by atoms with Crippen molar-refractivity contribution in [3.8, 4) is 5.88 Å². The Labute approximate surface area is 159 Å². The number of nitrogens with one attached hydrogen (secondary N) is 1. The van der Waals surface area contributed by atoms with E-state index in [2.05, 4.69) is 15.3 Å². The number of aryl methyl sites for hydroxylation is 3. The van der Waals surface area contributed by atoms with Gasteiger partial charge in [0.15, 0.2) is 5.69 Å². The first kappa shape index (κ1) is 18.8. The second kappa shape index (κ2) is 7.35. The van der Waals surface area contributed by atoms with E-state index >= 15 is 0 Å². The molecular weight excluding hydrogens is 338 g/mol. The van der Waals surface area contributed by atoms with Crippen molar-refractivity contribution >= 4 is 22.6 Å². The van der Waals surface area contributed by atoms with Gasteiger partial charge in [-0.25, -0.2) is 9.97 Å². The molecule has 0 fully saturated rings. The van der Waals surface area contributed by atoms with Crippen molar-refractivity contribution in [3.63, 3.8) is 0 Å². The van der Waals surface area contributed by atoms with Gasteiger partial charge in [-0.15, -0.1) is 0 Å². The van der Waals surface area contributed by atoms with Crippen LogP contribution in [0.15, 0.2) is 30.3 Å². The fourth-order valence-electron chi connectivity index (χ4n) is 2.82. The van der Waals surface area contributed by atoms with E-state index < -0.39 is 0 Å². The number of benzene rings is 2. The molecule has 0 aliphatic heterocycles. The van der Waals surface area contributed by atoms with Crippen LogP contribution in [0.2, 0.25) is 0 Å². The molecule has 5 heteroatoms. The van der Waals surface area contributed by atoms with Crippen molar-refractivity contribution in [2.24, 2.45) is 0 Å². The number of amides is 1. The quantitative estimate of drug-likeness (QED) is 0.716. The minimum atomic E-state index is -0.327. The molecule has 0 saturated heterocycles. The smallest absolute Gasteiger partial charge is 0.279 e. The second-order valence-electron chi connectivity index (χ2n) is 7.17. The van der Waals surface area contributed by atoms with Gasteiger partial charge in [0.05, 0.1) is 17.1 Å². The summed E-state index contributed by atoms with van der Waals surface area (Å²) in [5.74, 6) is -0.0736. The Kier molecular flexibility index (Phi) is 5.13. The zero-order valence-electron chi connectivity index (χ0n) is 16.7. The fraction of sp³-hybridized carbons (Fsp3) is 0.318. The van der Waals surface area contributed by atoms with Gasteiger partial charge in [-0.2, -0.15) is 0 Å². The van der Waals surface area contributed by atoms with Crippen LogP contribution in [0.3, 0.4) is 0 Å². The molecule has 5 nitrogen and oxygen atoms in total. The van der Waals surface area contributed by atoms with Crippen LogP contribution in [-0.2, 0) is 0 Å². The van der Waals surface area contributed by atoms with Gasteiger partial charge < -0.3 is 10.1 Å². The first-order chi connectivity index (χ1) is 12.8. The Morgan fingerprint density at radius 2 is 1.59 bits per heavy atom. The van der Waals surface area contributed by atoms with Crippen molar-refractivity contribution in [3.05, 3.63) is 58.3 Å². The molecule has 1 aromatic heterocycles. The summed E-state index contributed by atoms with van der Waals surface area (Å²) in [7, 11) is 0. The molecule has 0 aliphatic rings. The van der Waals surface area contributed by atoms with Crippen LogP contribution in [0.4, 0.5) is 5.69 Å². The molecule has 2 aromatic carbocycles. The van der Waals surface area contributed by atoms with Crippen molar-refractivity contribution in [1.29, 1.82) is 0 Å². The summed E-state index contributed by atoms with van der Waals surface area (Å²) in [6.07, 6.45) is -0.115. The van der Waals surface area contributed by atoms with Gasteiger partial charge in [-0.05, 0) is 82.0 Å². The summed E-state index contributed by atoms with van der Waals surface area (Å²) in [5.41, 5.74) is 6.73. The number of carbonyl (C=O) groups excluding carboxylic acids is 1. The van der Waals surface area contributed by atoms with Crippen LogP contribution in [0.1, 0.15) is 46.6 Å². The second-order valence-corrected chi connectivity index (χ2v) is 7.17. The van der Waals surface area contributed by atoms with Gasteiger partial charge in [-0.1, -0.05) is 12.1 Å². The lowest BCUT2D eigenvalue weighted by molar-refractivity contribution is 0.101. The Hall–Kier alpha value is -2.95. The van der Waals surface area contributed by atoms with Crippen molar-refractivity contribution in [2.75, 3.05) is 5.32 Å². The summed E-state index contributed by atoms with van der Waals surface area (Å²) in [4.78, 5) is 22.1. The van der Waals surface area contributed by atoms with Crippen LogP contribution in [0.25, 0.3) is 11.0 Å². The Balaban J connectivity index is 2.08. The number of fused-ring (bicyclic) bond motifs is 1. The highest BCUT2D eigenvalue weighted by atomic mass is 16.5. The lowest BCUT2D eigenvalue weighted by Crippen LogP contribution is -2.19. The maximum absolute atomic E-state index is 13.0. The third-order valence-electron chi connectivity index (χ3n) is 4.66. The van der Waals surface area contributed by atoms with E-state index in [9.17, 15) is 4.79 Å². The number of hydrogen-bond acceptors (Lipinski definition) is 4. The molecule has 0 unspecified atom stereocenters. The van der Waals surface area contributed by atoms with Gasteiger partial charge in [0.25, 0.3) is 5.91 Å². The molecule has 3 aromatic rings. The Morgan fingerprint density at radius 3 is 2.22 bits per heavy atom. The summed E-state index contributed by atoms with van der Waals surface area (Å²) in [5, 5.41) is 2.95. The summed E-state index contributed by atoms with van der Waals surface area (Å²) in [6.45, 7) is 11.8. The number of rotatable bonds is 4. The molecule has 0 saturated carbocycles. The average molecular weight is 363 g/mol. The first-order valence-corrected chi connectivity index (χ1v) is 9.09. The molecule has 140 valence electrons. The number of aromatic nitrogens is 2. The normalized spacial score (nSPS) is 11.1. The number of hydrogen-bond donors (Lipinski definition) is 1. The third-order valence-corrected chi connectivity index (χ3v) is 4.66. The molecular formula is C22H25N3O2. The van der Waals surface area contributed by atoms with Gasteiger partial charge in [0, 0.05) is 5.69 Å². The zero-order chi connectivity index (χ0) is 19.7. The Bertz CT molecular complexity index is 1030. The maximum atomic E-state index is 13.0. The van der Waals surface area contributed by atoms with Crippen LogP contribution in [0, 0.1) is 27.7 Å². The third kappa shape index (κ3) is 3.92. The standard InChI is InChI=1S/C22H25N3O2/c1-12(2)27-22-20(21(26)24-17-9-7-8-13(3)16(17)6)23-18-10-14(4)15(5)11-19(18)25-22/h7-12H,1-6H3,(H,24,26). The van der Waals surface area contributed by atoms with E-state index in [0.29, 0.717) is 5.52 Å². The molecule has 1 heterocycles. The molecule has 0 aliphatic carbocycles. The molecule has 1 N–H and O–H groups in total. The van der Waals surface area contributed by atoms with E-state index in [4.69, 9.17) is 4.74 Å². The minimum absolute atomic E-state index is 0.115. The van der Waals surface area contributed by atoms with E-state index in [1.807, 2.05) is 71.9 Å². The van der Waals surface area contributed by atoms with Gasteiger partial charge >= 0.3 is 0 Å². The fourth-order valence-corrected chi connectivity index (χ4v) is 2.82. The largest absolute Gasteiger partial charge is 0.473 e. The summed E-state index contributed by atoms with van der Waals surface area (Å²) in [6, 6.07) is 9.73. The molecule has 27 heavy (non-hydrogen) atoms. The topological polar surface area (TPSA) is 64.1 Å². The van der Waals surface area contributed by atoms with Crippen LogP contribution < -0.4 is 10.1 Å². The summed E-state index contributed by atoms with van der Waals surface area (Å²) >= 11 is 0. The molecule has 0 radical (unpaired) electrons. The zero-order valence-corrected chi connectivity index (χ0v) is 16.7. The highest BCUT2D eigenvalue weighted by Gasteiger charge is 2.20. The van der Waals surface area contributed by atoms with Crippen LogP contribution >= 0.6 is 0 Å². The SMILES string of the molecule is Cc1cc2nc(OC(C)C)c(C(=O)Nc3cccc(C)c3C)nc2cc1C. The molecule has 1 amide bonds. The Morgan fingerprint density at radius 1 is 0.963 bits per heavy atom. The van der Waals surface area contributed by atoms with E-state index in [0.717, 1.165) is 33.5 Å². The van der Waals surface area contributed by atoms with Gasteiger partial charge in [0.2, 0.25) is 5.88 Å². The monoisotopic (exact) mass is 363 g/mol. The predicted molar refractivity (Wildman–Crippen MR) is 109 cm³/mol. The molecule has 0 atom stereocenters. The molecule has 0 bridgehead atoms. The first-order valence-electron chi connectivity index (χ1n) is 9.09. The maximum Gasteiger partial charge on any atom is 0.279 e. The molecule has 0 spiro atoms. The van der Waals surface area contributed by atoms with E-state index in [-0.39, 0.29) is 23.6 Å². The highest BCUT2D eigenvalue weighted by Crippen LogP contribution is 2.25. The number of ether oxygens (including phenoxy) is 1. The number of nitrogens with zero attached hydrogens (tertiary/aromatic N) is 2. The van der Waals surface area contributed by atoms with Crippen molar-refractivity contribution < 1.29 is 9.53 Å². The number of anilines is 1. The van der Waals surface area contributed by atoms with E-state index in [1.165, 1.54) is 0 Å². The van der Waals surface area contributed by atoms with Gasteiger partial charge in [0.1, 0.15) is 0 Å². The lowest BCUT2D eigenvalue weighted by Gasteiger charge is -2.15. The summed E-state index contributed by atoms with van der Waals surface area (Å²) < 4.78 is 5.80. The molecule has 3 rings (SSSR count). The van der Waals surface area contributed by atoms with Gasteiger partial charge in [-0.3, -0.25) is 4.79 Å². The van der Waals surface area contributed by atoms with Crippen LogP contribution in [0.5, 0.6) is 5.88 Å². The average Bonchev–Trinajstić information content (AvgIpc) is 2.59.